The summed E-state index contributed by atoms with van der Waals surface area (Å²) < 4.78 is 13.0. The average Bonchev–Trinajstić information content (AvgIpc) is 3.14. The Hall–Kier alpha value is -2.60. The second kappa shape index (κ2) is 9.20. The topological polar surface area (TPSA) is 54.9 Å². The molecule has 0 aliphatic carbocycles. The molecule has 1 N–H and O–H groups in total. The second-order valence-corrected chi connectivity index (χ2v) is 6.89. The standard InChI is InChI=1S/C20H20FN3OS/c21-17-7-5-16(6-8-17)18-14-26-20(24-18)10-9-19(25)23-12-2-4-15-3-1-11-22-13-15/h1,3,5-8,11,13-14H,2,4,9-10,12H2,(H,23,25). The smallest absolute Gasteiger partial charge is 0.220 e. The van der Waals surface area contributed by atoms with Crippen molar-refractivity contribution in [2.75, 3.05) is 6.54 Å². The Balaban J connectivity index is 1.38. The van der Waals surface area contributed by atoms with Crippen LogP contribution in [0.25, 0.3) is 11.3 Å². The van der Waals surface area contributed by atoms with Gasteiger partial charge in [-0.3, -0.25) is 9.78 Å². The minimum Gasteiger partial charge on any atom is -0.356 e. The third-order valence-corrected chi connectivity index (χ3v) is 4.85. The van der Waals surface area contributed by atoms with E-state index >= 15 is 0 Å². The first kappa shape index (κ1) is 18.2. The molecule has 4 nitrogen and oxygen atoms in total. The molecule has 2 aromatic heterocycles. The maximum absolute atomic E-state index is 13.0. The lowest BCUT2D eigenvalue weighted by molar-refractivity contribution is -0.121. The molecular formula is C20H20FN3OS. The van der Waals surface area contributed by atoms with E-state index in [1.165, 1.54) is 29.0 Å². The number of amides is 1. The van der Waals surface area contributed by atoms with E-state index in [-0.39, 0.29) is 11.7 Å². The molecular weight excluding hydrogens is 349 g/mol. The van der Waals surface area contributed by atoms with Crippen molar-refractivity contribution in [3.63, 3.8) is 0 Å². The molecule has 0 atom stereocenters. The largest absolute Gasteiger partial charge is 0.356 e. The summed E-state index contributed by atoms with van der Waals surface area (Å²) in [5, 5.41) is 5.79. The monoisotopic (exact) mass is 369 g/mol. The highest BCUT2D eigenvalue weighted by Gasteiger charge is 2.07. The summed E-state index contributed by atoms with van der Waals surface area (Å²) in [6.07, 6.45) is 6.43. The summed E-state index contributed by atoms with van der Waals surface area (Å²) in [7, 11) is 0. The van der Waals surface area contributed by atoms with Crippen LogP contribution < -0.4 is 5.32 Å². The van der Waals surface area contributed by atoms with Crippen LogP contribution in [0.15, 0.2) is 54.2 Å². The van der Waals surface area contributed by atoms with Crippen molar-refractivity contribution in [1.82, 2.24) is 15.3 Å². The number of carbonyl (C=O) groups excluding carboxylic acids is 1. The van der Waals surface area contributed by atoms with Gasteiger partial charge in [0.15, 0.2) is 0 Å². The SMILES string of the molecule is O=C(CCc1nc(-c2ccc(F)cc2)cs1)NCCCc1cccnc1. The van der Waals surface area contributed by atoms with Gasteiger partial charge in [-0.25, -0.2) is 9.37 Å². The Kier molecular flexibility index (Phi) is 6.44. The molecule has 1 aromatic carbocycles. The van der Waals surface area contributed by atoms with Crippen molar-refractivity contribution in [3.8, 4) is 11.3 Å². The molecule has 0 bridgehead atoms. The average molecular weight is 369 g/mol. The van der Waals surface area contributed by atoms with Crippen LogP contribution >= 0.6 is 11.3 Å². The zero-order valence-electron chi connectivity index (χ0n) is 14.3. The van der Waals surface area contributed by atoms with Crippen LogP contribution in [0.1, 0.15) is 23.4 Å². The van der Waals surface area contributed by atoms with Crippen LogP contribution in [0, 0.1) is 5.82 Å². The van der Waals surface area contributed by atoms with Crippen LogP contribution in [-0.2, 0) is 17.6 Å². The molecule has 0 unspecified atom stereocenters. The number of pyridine rings is 1. The van der Waals surface area contributed by atoms with Gasteiger partial charge in [0.05, 0.1) is 10.7 Å². The van der Waals surface area contributed by atoms with E-state index in [0.717, 1.165) is 29.1 Å². The molecule has 0 spiro atoms. The van der Waals surface area contributed by atoms with Gasteiger partial charge in [-0.1, -0.05) is 6.07 Å². The highest BCUT2D eigenvalue weighted by molar-refractivity contribution is 7.09. The molecule has 6 heteroatoms. The van der Waals surface area contributed by atoms with Gasteiger partial charge in [0.2, 0.25) is 5.91 Å². The first-order valence-corrected chi connectivity index (χ1v) is 9.44. The molecule has 0 radical (unpaired) electrons. The fourth-order valence-corrected chi connectivity index (χ4v) is 3.36. The zero-order valence-corrected chi connectivity index (χ0v) is 15.1. The highest BCUT2D eigenvalue weighted by Crippen LogP contribution is 2.22. The minimum absolute atomic E-state index is 0.0368. The van der Waals surface area contributed by atoms with Crippen LogP contribution in [-0.4, -0.2) is 22.4 Å². The molecule has 134 valence electrons. The van der Waals surface area contributed by atoms with E-state index in [2.05, 4.69) is 15.3 Å². The quantitative estimate of drug-likeness (QED) is 0.610. The van der Waals surface area contributed by atoms with Gasteiger partial charge in [0.25, 0.3) is 0 Å². The number of carbonyl (C=O) groups is 1. The summed E-state index contributed by atoms with van der Waals surface area (Å²) in [6.45, 7) is 0.659. The molecule has 1 amide bonds. The van der Waals surface area contributed by atoms with Crippen molar-refractivity contribution >= 4 is 17.2 Å². The summed E-state index contributed by atoms with van der Waals surface area (Å²) in [6, 6.07) is 10.2. The summed E-state index contributed by atoms with van der Waals surface area (Å²) in [5.41, 5.74) is 2.88. The number of aryl methyl sites for hydroxylation is 2. The van der Waals surface area contributed by atoms with E-state index < -0.39 is 0 Å². The van der Waals surface area contributed by atoms with Gasteiger partial charge in [0.1, 0.15) is 5.82 Å². The molecule has 0 aliphatic heterocycles. The van der Waals surface area contributed by atoms with Crippen molar-refractivity contribution in [2.45, 2.75) is 25.7 Å². The lowest BCUT2D eigenvalue weighted by atomic mass is 10.1. The van der Waals surface area contributed by atoms with Gasteiger partial charge in [-0.05, 0) is 48.7 Å². The molecule has 3 rings (SSSR count). The molecule has 2 heterocycles. The Morgan fingerprint density at radius 1 is 1.15 bits per heavy atom. The second-order valence-electron chi connectivity index (χ2n) is 5.95. The van der Waals surface area contributed by atoms with Gasteiger partial charge in [0, 0.05) is 42.7 Å². The first-order chi connectivity index (χ1) is 12.7. The number of rotatable bonds is 8. The maximum Gasteiger partial charge on any atom is 0.220 e. The fraction of sp³-hybridized carbons (Fsp3) is 0.250. The van der Waals surface area contributed by atoms with Gasteiger partial charge in [-0.15, -0.1) is 11.3 Å². The third kappa shape index (κ3) is 5.46. The lowest BCUT2D eigenvalue weighted by Crippen LogP contribution is -2.24. The molecule has 3 aromatic rings. The van der Waals surface area contributed by atoms with E-state index in [0.29, 0.717) is 19.4 Å². The van der Waals surface area contributed by atoms with Crippen LogP contribution in [0.5, 0.6) is 0 Å². The van der Waals surface area contributed by atoms with Crippen molar-refractivity contribution < 1.29 is 9.18 Å². The van der Waals surface area contributed by atoms with Gasteiger partial charge < -0.3 is 5.32 Å². The molecule has 0 saturated heterocycles. The molecule has 0 aliphatic rings. The highest BCUT2D eigenvalue weighted by atomic mass is 32.1. The predicted octanol–water partition coefficient (Wildman–Crippen LogP) is 4.03. The Labute approximate surface area is 156 Å². The molecule has 0 saturated carbocycles. The van der Waals surface area contributed by atoms with E-state index in [4.69, 9.17) is 0 Å². The number of nitrogens with one attached hydrogen (secondary N) is 1. The Morgan fingerprint density at radius 2 is 2.00 bits per heavy atom. The Morgan fingerprint density at radius 3 is 2.77 bits per heavy atom. The number of thiazole rings is 1. The summed E-state index contributed by atoms with van der Waals surface area (Å²) in [4.78, 5) is 20.6. The van der Waals surface area contributed by atoms with Crippen LogP contribution in [0.2, 0.25) is 0 Å². The Bertz CT molecular complexity index is 834. The normalized spacial score (nSPS) is 10.7. The van der Waals surface area contributed by atoms with Gasteiger partial charge >= 0.3 is 0 Å². The number of nitrogens with zero attached hydrogens (tertiary/aromatic N) is 2. The fourth-order valence-electron chi connectivity index (χ4n) is 2.55. The number of hydrogen-bond donors (Lipinski definition) is 1. The van der Waals surface area contributed by atoms with E-state index in [9.17, 15) is 9.18 Å². The van der Waals surface area contributed by atoms with Crippen molar-refractivity contribution in [2.24, 2.45) is 0 Å². The summed E-state index contributed by atoms with van der Waals surface area (Å²) >= 11 is 1.52. The number of hydrogen-bond acceptors (Lipinski definition) is 4. The summed E-state index contributed by atoms with van der Waals surface area (Å²) in [5.74, 6) is -0.223. The van der Waals surface area contributed by atoms with Gasteiger partial charge in [-0.2, -0.15) is 0 Å². The van der Waals surface area contributed by atoms with Crippen LogP contribution in [0.3, 0.4) is 0 Å². The van der Waals surface area contributed by atoms with E-state index in [1.807, 2.05) is 23.7 Å². The number of benzene rings is 1. The van der Waals surface area contributed by atoms with Crippen molar-refractivity contribution in [1.29, 1.82) is 0 Å². The maximum atomic E-state index is 13.0. The van der Waals surface area contributed by atoms with Crippen LogP contribution in [0.4, 0.5) is 4.39 Å². The number of halogens is 1. The van der Waals surface area contributed by atoms with E-state index in [1.54, 1.807) is 18.3 Å². The third-order valence-electron chi connectivity index (χ3n) is 3.94. The molecule has 0 fully saturated rings. The minimum atomic E-state index is -0.260. The lowest BCUT2D eigenvalue weighted by Gasteiger charge is -2.04. The predicted molar refractivity (Wildman–Crippen MR) is 101 cm³/mol. The zero-order chi connectivity index (χ0) is 18.2. The number of aromatic nitrogens is 2. The molecule has 26 heavy (non-hydrogen) atoms. The first-order valence-electron chi connectivity index (χ1n) is 8.56. The van der Waals surface area contributed by atoms with Crippen molar-refractivity contribution in [3.05, 3.63) is 70.6 Å².